The number of methoxy groups -OCH3 is 2. The fourth-order valence-electron chi connectivity index (χ4n) is 2.15. The highest BCUT2D eigenvalue weighted by Gasteiger charge is 2.20. The minimum absolute atomic E-state index is 0.0484. The van der Waals surface area contributed by atoms with Crippen LogP contribution < -0.4 is 14.8 Å². The zero-order valence-corrected chi connectivity index (χ0v) is 15.4. The Morgan fingerprint density at radius 3 is 2.69 bits per heavy atom. The number of rotatable bonds is 7. The van der Waals surface area contributed by atoms with Gasteiger partial charge in [0.05, 0.1) is 26.2 Å². The van der Waals surface area contributed by atoms with E-state index < -0.39 is 18.0 Å². The Labute approximate surface area is 155 Å². The van der Waals surface area contributed by atoms with Crippen molar-refractivity contribution in [2.24, 2.45) is 0 Å². The van der Waals surface area contributed by atoms with E-state index >= 15 is 0 Å². The fraction of sp³-hybridized carbons (Fsp3) is 0.278. The number of hydrogen-bond acceptors (Lipinski definition) is 7. The third kappa shape index (κ3) is 4.74. The van der Waals surface area contributed by atoms with Crippen LogP contribution in [0, 0.1) is 11.3 Å². The van der Waals surface area contributed by atoms with Crippen molar-refractivity contribution in [2.45, 2.75) is 19.4 Å². The summed E-state index contributed by atoms with van der Waals surface area (Å²) in [6.45, 7) is 1.47. The Hall–Kier alpha value is -3.05. The van der Waals surface area contributed by atoms with Gasteiger partial charge in [0.1, 0.15) is 22.6 Å². The largest absolute Gasteiger partial charge is 0.497 e. The first-order valence-corrected chi connectivity index (χ1v) is 8.55. The number of hydrogen-bond donors (Lipinski definition) is 1. The Balaban J connectivity index is 1.97. The van der Waals surface area contributed by atoms with Crippen LogP contribution in [-0.4, -0.2) is 32.2 Å². The van der Waals surface area contributed by atoms with E-state index in [-0.39, 0.29) is 6.42 Å². The Morgan fingerprint density at radius 2 is 2.04 bits per heavy atom. The molecule has 0 aliphatic heterocycles. The zero-order valence-electron chi connectivity index (χ0n) is 14.6. The molecule has 2 rings (SSSR count). The van der Waals surface area contributed by atoms with Gasteiger partial charge in [-0.3, -0.25) is 9.59 Å². The molecule has 0 aliphatic rings. The molecule has 0 saturated carbocycles. The number of ether oxygens (including phenoxy) is 3. The van der Waals surface area contributed by atoms with Crippen molar-refractivity contribution >= 4 is 28.2 Å². The summed E-state index contributed by atoms with van der Waals surface area (Å²) in [5.41, 5.74) is 0.987. The number of benzene rings is 1. The van der Waals surface area contributed by atoms with Crippen LogP contribution in [0.2, 0.25) is 0 Å². The molecule has 1 aromatic carbocycles. The molecule has 1 heterocycles. The summed E-state index contributed by atoms with van der Waals surface area (Å²) in [6, 6.07) is 8.66. The van der Waals surface area contributed by atoms with Gasteiger partial charge in [-0.2, -0.15) is 5.26 Å². The number of anilines is 1. The lowest BCUT2D eigenvalue weighted by Gasteiger charge is -2.14. The molecular weight excluding hydrogens is 356 g/mol. The first kappa shape index (κ1) is 19.3. The lowest BCUT2D eigenvalue weighted by Crippen LogP contribution is -2.30. The van der Waals surface area contributed by atoms with E-state index in [4.69, 9.17) is 19.5 Å². The molecule has 0 radical (unpaired) electrons. The van der Waals surface area contributed by atoms with Crippen molar-refractivity contribution in [3.8, 4) is 17.6 Å². The summed E-state index contributed by atoms with van der Waals surface area (Å²) >= 11 is 1.23. The summed E-state index contributed by atoms with van der Waals surface area (Å²) in [6.07, 6.45) is -1.05. The number of nitrogens with zero attached hydrogens (tertiary/aromatic N) is 1. The van der Waals surface area contributed by atoms with Crippen LogP contribution in [0.25, 0.3) is 0 Å². The number of esters is 1. The molecule has 0 bridgehead atoms. The van der Waals surface area contributed by atoms with E-state index in [9.17, 15) is 9.59 Å². The lowest BCUT2D eigenvalue weighted by atomic mass is 10.1. The van der Waals surface area contributed by atoms with Crippen LogP contribution in [0.3, 0.4) is 0 Å². The molecule has 7 nitrogen and oxygen atoms in total. The van der Waals surface area contributed by atoms with Crippen LogP contribution in [0.4, 0.5) is 5.00 Å². The molecule has 0 aliphatic carbocycles. The first-order chi connectivity index (χ1) is 12.5. The highest BCUT2D eigenvalue weighted by Crippen LogP contribution is 2.25. The van der Waals surface area contributed by atoms with Crippen molar-refractivity contribution in [2.75, 3.05) is 19.5 Å². The topological polar surface area (TPSA) is 97.6 Å². The third-order valence-electron chi connectivity index (χ3n) is 3.53. The lowest BCUT2D eigenvalue weighted by molar-refractivity contribution is -0.152. The number of nitriles is 1. The maximum absolute atomic E-state index is 12.1. The first-order valence-electron chi connectivity index (χ1n) is 7.67. The standard InChI is InChI=1S/C18H18N2O5S/c1-11(17(22)20-18-13(10-19)6-7-26-18)25-16(21)8-12-4-5-14(23-2)9-15(12)24-3/h4-7,9,11H,8H2,1-3H3,(H,20,22)/t11-/m1/s1. The smallest absolute Gasteiger partial charge is 0.311 e. The molecule has 1 amide bonds. The maximum Gasteiger partial charge on any atom is 0.311 e. The summed E-state index contributed by atoms with van der Waals surface area (Å²) in [5, 5.41) is 13.7. The summed E-state index contributed by atoms with van der Waals surface area (Å²) < 4.78 is 15.5. The number of nitrogens with one attached hydrogen (secondary N) is 1. The maximum atomic E-state index is 12.1. The van der Waals surface area contributed by atoms with Gasteiger partial charge < -0.3 is 19.5 Å². The number of carbonyl (C=O) groups excluding carboxylic acids is 2. The Morgan fingerprint density at radius 1 is 1.27 bits per heavy atom. The van der Waals surface area contributed by atoms with Crippen molar-refractivity contribution in [3.63, 3.8) is 0 Å². The van der Waals surface area contributed by atoms with Gasteiger partial charge in [-0.25, -0.2) is 0 Å². The monoisotopic (exact) mass is 374 g/mol. The van der Waals surface area contributed by atoms with Gasteiger partial charge in [-0.15, -0.1) is 11.3 Å². The summed E-state index contributed by atoms with van der Waals surface area (Å²) in [7, 11) is 3.03. The minimum atomic E-state index is -1.000. The van der Waals surface area contributed by atoms with Crippen LogP contribution in [0.1, 0.15) is 18.1 Å². The van der Waals surface area contributed by atoms with Crippen LogP contribution in [0.5, 0.6) is 11.5 Å². The van der Waals surface area contributed by atoms with E-state index in [0.29, 0.717) is 27.6 Å². The zero-order chi connectivity index (χ0) is 19.1. The van der Waals surface area contributed by atoms with E-state index in [2.05, 4.69) is 5.32 Å². The van der Waals surface area contributed by atoms with Gasteiger partial charge in [0.25, 0.3) is 5.91 Å². The predicted molar refractivity (Wildman–Crippen MR) is 96.5 cm³/mol. The highest BCUT2D eigenvalue weighted by atomic mass is 32.1. The third-order valence-corrected chi connectivity index (χ3v) is 4.36. The molecule has 0 fully saturated rings. The molecule has 136 valence electrons. The molecule has 0 unspecified atom stereocenters. The SMILES string of the molecule is COc1ccc(CC(=O)O[C@H](C)C(=O)Nc2sccc2C#N)c(OC)c1. The average molecular weight is 374 g/mol. The fourth-order valence-corrected chi connectivity index (χ4v) is 2.89. The van der Waals surface area contributed by atoms with Crippen molar-refractivity contribution in [1.29, 1.82) is 5.26 Å². The quantitative estimate of drug-likeness (QED) is 0.749. The predicted octanol–water partition coefficient (Wildman–Crippen LogP) is 2.75. The average Bonchev–Trinajstić information content (AvgIpc) is 3.08. The number of amides is 1. The van der Waals surface area contributed by atoms with Crippen molar-refractivity contribution in [3.05, 3.63) is 40.8 Å². The van der Waals surface area contributed by atoms with Crippen LogP contribution in [-0.2, 0) is 20.7 Å². The molecular formula is C18H18N2O5S. The van der Waals surface area contributed by atoms with Crippen molar-refractivity contribution < 1.29 is 23.8 Å². The van der Waals surface area contributed by atoms with E-state index in [1.807, 2.05) is 6.07 Å². The Kier molecular flexibility index (Phi) is 6.58. The van der Waals surface area contributed by atoms with Gasteiger partial charge in [0, 0.05) is 11.6 Å². The van der Waals surface area contributed by atoms with Gasteiger partial charge in [-0.05, 0) is 24.4 Å². The second kappa shape index (κ2) is 8.87. The van der Waals surface area contributed by atoms with Crippen LogP contribution in [0.15, 0.2) is 29.6 Å². The second-order valence-electron chi connectivity index (χ2n) is 5.25. The van der Waals surface area contributed by atoms with Gasteiger partial charge >= 0.3 is 5.97 Å². The number of carbonyl (C=O) groups is 2. The second-order valence-corrected chi connectivity index (χ2v) is 6.17. The van der Waals surface area contributed by atoms with Crippen molar-refractivity contribution in [1.82, 2.24) is 0 Å². The molecule has 2 aromatic rings. The summed E-state index contributed by atoms with van der Waals surface area (Å²) in [5.74, 6) is 0.0356. The normalized spacial score (nSPS) is 11.2. The molecule has 0 spiro atoms. The molecule has 1 N–H and O–H groups in total. The molecule has 1 aromatic heterocycles. The summed E-state index contributed by atoms with van der Waals surface area (Å²) in [4.78, 5) is 24.3. The molecule has 1 atom stereocenters. The molecule has 0 saturated heterocycles. The van der Waals surface area contributed by atoms with E-state index in [0.717, 1.165) is 0 Å². The van der Waals surface area contributed by atoms with E-state index in [1.165, 1.54) is 32.5 Å². The highest BCUT2D eigenvalue weighted by molar-refractivity contribution is 7.14. The van der Waals surface area contributed by atoms with E-state index in [1.54, 1.807) is 29.6 Å². The van der Waals surface area contributed by atoms with Crippen LogP contribution >= 0.6 is 11.3 Å². The number of thiophene rings is 1. The van der Waals surface area contributed by atoms with Gasteiger partial charge in [0.15, 0.2) is 6.10 Å². The minimum Gasteiger partial charge on any atom is -0.497 e. The molecule has 8 heteroatoms. The Bertz CT molecular complexity index is 840. The van der Waals surface area contributed by atoms with Gasteiger partial charge in [0.2, 0.25) is 0 Å². The molecule has 26 heavy (non-hydrogen) atoms. The van der Waals surface area contributed by atoms with Gasteiger partial charge in [-0.1, -0.05) is 6.07 Å².